The summed E-state index contributed by atoms with van der Waals surface area (Å²) in [6, 6.07) is 13.6. The summed E-state index contributed by atoms with van der Waals surface area (Å²) >= 11 is 6.10. The third-order valence-corrected chi connectivity index (χ3v) is 5.45. The zero-order chi connectivity index (χ0) is 26.2. The Kier molecular flexibility index (Phi) is 8.71. The predicted molar refractivity (Wildman–Crippen MR) is 136 cm³/mol. The summed E-state index contributed by atoms with van der Waals surface area (Å²) in [6.07, 6.45) is 1.72. The standard InChI is InChI=1S/C26H24ClN3O6/c1-30(2)19-7-5-16(6-8-19)11-18(15-28)25(32)35-10-4-9-29-24(31)20-12-17-13-21(27)23(34-3)14-22(17)36-26(20)33/h5-8,11-14H,4,9-10H2,1-3H3,(H,29,31)/b18-11+. The highest BCUT2D eigenvalue weighted by Crippen LogP contribution is 2.29. The first-order valence-corrected chi connectivity index (χ1v) is 11.3. The lowest BCUT2D eigenvalue weighted by molar-refractivity contribution is -0.138. The fourth-order valence-corrected chi connectivity index (χ4v) is 3.47. The number of fused-ring (bicyclic) bond motifs is 1. The van der Waals surface area contributed by atoms with Gasteiger partial charge < -0.3 is 24.1 Å². The number of hydrogen-bond donors (Lipinski definition) is 1. The van der Waals surface area contributed by atoms with Crippen LogP contribution >= 0.6 is 11.6 Å². The molecule has 3 rings (SSSR count). The Balaban J connectivity index is 1.53. The Bertz CT molecular complexity index is 1400. The number of nitrogens with zero attached hydrogens (tertiary/aromatic N) is 2. The van der Waals surface area contributed by atoms with Gasteiger partial charge in [-0.05, 0) is 42.3 Å². The van der Waals surface area contributed by atoms with E-state index in [1.165, 1.54) is 31.4 Å². The molecule has 0 saturated carbocycles. The summed E-state index contributed by atoms with van der Waals surface area (Å²) in [5.74, 6) is -1.05. The predicted octanol–water partition coefficient (Wildman–Crippen LogP) is 3.79. The minimum atomic E-state index is -0.807. The maximum atomic E-state index is 12.4. The van der Waals surface area contributed by atoms with Crippen molar-refractivity contribution in [2.45, 2.75) is 6.42 Å². The number of carbonyl (C=O) groups is 2. The number of esters is 1. The van der Waals surface area contributed by atoms with Gasteiger partial charge in [0.25, 0.3) is 5.91 Å². The number of nitrogens with one attached hydrogen (secondary N) is 1. The van der Waals surface area contributed by atoms with E-state index in [9.17, 15) is 19.6 Å². The van der Waals surface area contributed by atoms with Gasteiger partial charge in [-0.25, -0.2) is 9.59 Å². The van der Waals surface area contributed by atoms with Gasteiger partial charge in [0.15, 0.2) is 0 Å². The summed E-state index contributed by atoms with van der Waals surface area (Å²) in [7, 11) is 5.26. The highest BCUT2D eigenvalue weighted by atomic mass is 35.5. The lowest BCUT2D eigenvalue weighted by atomic mass is 10.1. The third-order valence-electron chi connectivity index (χ3n) is 5.15. The molecule has 0 radical (unpaired) electrons. The molecule has 0 atom stereocenters. The average Bonchev–Trinajstić information content (AvgIpc) is 2.86. The smallest absolute Gasteiger partial charge is 0.349 e. The van der Waals surface area contributed by atoms with Crippen LogP contribution in [0.1, 0.15) is 22.3 Å². The molecule has 3 aromatic rings. The number of anilines is 1. The molecule has 0 unspecified atom stereocenters. The molecule has 0 aliphatic heterocycles. The molecule has 36 heavy (non-hydrogen) atoms. The van der Waals surface area contributed by atoms with Gasteiger partial charge >= 0.3 is 11.6 Å². The van der Waals surface area contributed by atoms with Crippen molar-refractivity contribution < 1.29 is 23.5 Å². The van der Waals surface area contributed by atoms with Crippen LogP contribution in [-0.4, -0.2) is 46.2 Å². The number of hydrogen-bond acceptors (Lipinski definition) is 8. The van der Waals surface area contributed by atoms with Crippen molar-refractivity contribution in [2.24, 2.45) is 0 Å². The second-order valence-electron chi connectivity index (χ2n) is 7.87. The topological polar surface area (TPSA) is 122 Å². The molecular formula is C26H24ClN3O6. The summed E-state index contributed by atoms with van der Waals surface area (Å²) in [5, 5.41) is 12.7. The van der Waals surface area contributed by atoms with Crippen LogP contribution in [0.5, 0.6) is 5.75 Å². The number of methoxy groups -OCH3 is 1. The normalized spacial score (nSPS) is 11.0. The van der Waals surface area contributed by atoms with Crippen molar-refractivity contribution in [3.05, 3.63) is 74.6 Å². The molecule has 1 aromatic heterocycles. The van der Waals surface area contributed by atoms with Crippen LogP contribution in [0.15, 0.2) is 57.2 Å². The van der Waals surface area contributed by atoms with E-state index in [2.05, 4.69) is 5.32 Å². The zero-order valence-corrected chi connectivity index (χ0v) is 20.7. The van der Waals surface area contributed by atoms with Crippen LogP contribution in [0, 0.1) is 11.3 Å². The molecule has 0 saturated heterocycles. The Morgan fingerprint density at radius 3 is 2.56 bits per heavy atom. The van der Waals surface area contributed by atoms with E-state index in [-0.39, 0.29) is 36.3 Å². The monoisotopic (exact) mass is 509 g/mol. The number of carbonyl (C=O) groups excluding carboxylic acids is 2. The summed E-state index contributed by atoms with van der Waals surface area (Å²) in [5.41, 5.74) is 0.783. The number of ether oxygens (including phenoxy) is 2. The van der Waals surface area contributed by atoms with Crippen molar-refractivity contribution in [1.82, 2.24) is 5.32 Å². The molecule has 0 spiro atoms. The first-order valence-electron chi connectivity index (χ1n) is 10.9. The lowest BCUT2D eigenvalue weighted by Crippen LogP contribution is -2.29. The third kappa shape index (κ3) is 6.43. The highest BCUT2D eigenvalue weighted by molar-refractivity contribution is 6.32. The highest BCUT2D eigenvalue weighted by Gasteiger charge is 2.16. The summed E-state index contributed by atoms with van der Waals surface area (Å²) in [4.78, 5) is 38.9. The molecular weight excluding hydrogens is 486 g/mol. The minimum absolute atomic E-state index is 0.0283. The van der Waals surface area contributed by atoms with Crippen LogP contribution in [0.3, 0.4) is 0 Å². The van der Waals surface area contributed by atoms with E-state index in [1.807, 2.05) is 37.2 Å². The van der Waals surface area contributed by atoms with Gasteiger partial charge in [-0.2, -0.15) is 5.26 Å². The molecule has 1 heterocycles. The fourth-order valence-electron chi connectivity index (χ4n) is 3.22. The van der Waals surface area contributed by atoms with Gasteiger partial charge in [-0.15, -0.1) is 0 Å². The first-order chi connectivity index (χ1) is 17.2. The van der Waals surface area contributed by atoms with E-state index in [1.54, 1.807) is 12.1 Å². The summed E-state index contributed by atoms with van der Waals surface area (Å²) < 4.78 is 15.4. The van der Waals surface area contributed by atoms with E-state index in [4.69, 9.17) is 25.5 Å². The number of amides is 1. The molecule has 0 fully saturated rings. The van der Waals surface area contributed by atoms with Crippen molar-refractivity contribution in [3.63, 3.8) is 0 Å². The first kappa shape index (κ1) is 26.3. The van der Waals surface area contributed by atoms with Gasteiger partial charge in [0, 0.05) is 37.8 Å². The Morgan fingerprint density at radius 1 is 1.19 bits per heavy atom. The molecule has 0 bridgehead atoms. The van der Waals surface area contributed by atoms with Crippen LogP contribution in [0.4, 0.5) is 5.69 Å². The van der Waals surface area contributed by atoms with Gasteiger partial charge in [0.1, 0.15) is 28.5 Å². The minimum Gasteiger partial charge on any atom is -0.495 e. The second-order valence-corrected chi connectivity index (χ2v) is 8.28. The average molecular weight is 510 g/mol. The maximum Gasteiger partial charge on any atom is 0.349 e. The lowest BCUT2D eigenvalue weighted by Gasteiger charge is -2.11. The molecule has 2 aromatic carbocycles. The fraction of sp³-hybridized carbons (Fsp3) is 0.231. The molecule has 186 valence electrons. The summed E-state index contributed by atoms with van der Waals surface area (Å²) in [6.45, 7) is 0.101. The van der Waals surface area contributed by atoms with Gasteiger partial charge in [0.05, 0.1) is 18.7 Å². The maximum absolute atomic E-state index is 12.4. The van der Waals surface area contributed by atoms with Crippen molar-refractivity contribution in [3.8, 4) is 11.8 Å². The molecule has 0 aliphatic carbocycles. The second kappa shape index (κ2) is 11.9. The Hall–Kier alpha value is -4.29. The molecule has 9 nitrogen and oxygen atoms in total. The van der Waals surface area contributed by atoms with Crippen LogP contribution in [-0.2, 0) is 9.53 Å². The van der Waals surface area contributed by atoms with Gasteiger partial charge in [-0.3, -0.25) is 4.79 Å². The zero-order valence-electron chi connectivity index (χ0n) is 20.0. The Morgan fingerprint density at radius 2 is 1.92 bits per heavy atom. The van der Waals surface area contributed by atoms with Crippen LogP contribution in [0.2, 0.25) is 5.02 Å². The number of rotatable bonds is 9. The molecule has 0 aliphatic rings. The van der Waals surface area contributed by atoms with Gasteiger partial charge in [-0.1, -0.05) is 23.7 Å². The molecule has 10 heteroatoms. The number of nitriles is 1. The number of benzene rings is 2. The van der Waals surface area contributed by atoms with Gasteiger partial charge in [0.2, 0.25) is 0 Å². The van der Waals surface area contributed by atoms with E-state index >= 15 is 0 Å². The van der Waals surface area contributed by atoms with Crippen molar-refractivity contribution in [2.75, 3.05) is 39.3 Å². The van der Waals surface area contributed by atoms with E-state index < -0.39 is 17.5 Å². The number of halogens is 1. The van der Waals surface area contributed by atoms with E-state index in [0.29, 0.717) is 21.7 Å². The molecule has 1 amide bonds. The SMILES string of the molecule is COc1cc2oc(=O)c(C(=O)NCCCOC(=O)/C(C#N)=C/c3ccc(N(C)C)cc3)cc2cc1Cl. The van der Waals surface area contributed by atoms with Crippen molar-refractivity contribution in [1.29, 1.82) is 5.26 Å². The largest absolute Gasteiger partial charge is 0.495 e. The Labute approximate surface area is 212 Å². The molecule has 1 N–H and O–H groups in total. The van der Waals surface area contributed by atoms with Crippen molar-refractivity contribution >= 4 is 46.2 Å². The van der Waals surface area contributed by atoms with Crippen LogP contribution < -0.4 is 20.6 Å². The van der Waals surface area contributed by atoms with Crippen LogP contribution in [0.25, 0.3) is 17.0 Å². The van der Waals surface area contributed by atoms with E-state index in [0.717, 1.165) is 5.69 Å². The quantitative estimate of drug-likeness (QED) is 0.152.